The highest BCUT2D eigenvalue weighted by Crippen LogP contribution is 2.43. The first-order chi connectivity index (χ1) is 10.2. The van der Waals surface area contributed by atoms with E-state index in [1.165, 1.54) is 0 Å². The van der Waals surface area contributed by atoms with Crippen LogP contribution in [0.1, 0.15) is 53.9 Å². The van der Waals surface area contributed by atoms with Gasteiger partial charge in [-0.1, -0.05) is 6.08 Å². The molecule has 22 heavy (non-hydrogen) atoms. The topological polar surface area (TPSA) is 68.6 Å². The molecule has 0 bridgehead atoms. The van der Waals surface area contributed by atoms with Gasteiger partial charge in [0.2, 0.25) is 0 Å². The van der Waals surface area contributed by atoms with Gasteiger partial charge in [0.15, 0.2) is 5.41 Å². The molecule has 2 rings (SSSR count). The molecule has 1 aliphatic heterocycles. The fourth-order valence-electron chi connectivity index (χ4n) is 2.68. The molecule has 5 nitrogen and oxygen atoms in total. The highest BCUT2D eigenvalue weighted by atomic mass is 16.7. The molecule has 0 amide bonds. The summed E-state index contributed by atoms with van der Waals surface area (Å²) in [5, 5.41) is 9.41. The van der Waals surface area contributed by atoms with Crippen LogP contribution in [0.5, 0.6) is 0 Å². The third-order valence-electron chi connectivity index (χ3n) is 4.99. The van der Waals surface area contributed by atoms with Crippen LogP contribution in [0.2, 0.25) is 0 Å². The second kappa shape index (κ2) is 5.71. The molecular weight excluding hydrogens is 281 g/mol. The number of ether oxygens (including phenoxy) is 1. The molecule has 1 saturated heterocycles. The standard InChI is InChI=1S/C16H24BNO4/c1-6-20-13(19)16(11-18)9-7-12(8-10-16)17-21-14(2,3)15(4,5)22-17/h7H,6,8-10H2,1-5H3. The summed E-state index contributed by atoms with van der Waals surface area (Å²) in [5.41, 5.74) is -0.829. The average molecular weight is 305 g/mol. The molecular formula is C16H24BNO4. The van der Waals surface area contributed by atoms with Crippen LogP contribution in [-0.2, 0) is 18.8 Å². The smallest absolute Gasteiger partial charge is 0.465 e. The Morgan fingerprint density at radius 2 is 1.95 bits per heavy atom. The molecule has 0 N–H and O–H groups in total. The lowest BCUT2D eigenvalue weighted by atomic mass is 9.66. The van der Waals surface area contributed by atoms with Crippen molar-refractivity contribution in [2.75, 3.05) is 6.61 Å². The number of hydrogen-bond donors (Lipinski definition) is 0. The molecule has 0 aromatic heterocycles. The van der Waals surface area contributed by atoms with E-state index in [1.54, 1.807) is 6.92 Å². The molecule has 0 spiro atoms. The van der Waals surface area contributed by atoms with E-state index in [9.17, 15) is 10.1 Å². The van der Waals surface area contributed by atoms with Gasteiger partial charge in [0, 0.05) is 0 Å². The third kappa shape index (κ3) is 2.80. The summed E-state index contributed by atoms with van der Waals surface area (Å²) in [6.45, 7) is 10.1. The molecule has 0 saturated carbocycles. The van der Waals surface area contributed by atoms with E-state index in [2.05, 4.69) is 6.07 Å². The van der Waals surface area contributed by atoms with Crippen LogP contribution in [-0.4, -0.2) is 30.9 Å². The van der Waals surface area contributed by atoms with Gasteiger partial charge in [-0.25, -0.2) is 0 Å². The van der Waals surface area contributed by atoms with Crippen LogP contribution < -0.4 is 0 Å². The number of rotatable bonds is 3. The van der Waals surface area contributed by atoms with Crippen molar-refractivity contribution in [1.29, 1.82) is 5.26 Å². The van der Waals surface area contributed by atoms with E-state index in [0.717, 1.165) is 5.47 Å². The van der Waals surface area contributed by atoms with E-state index in [0.29, 0.717) is 19.3 Å². The molecule has 2 aliphatic rings. The molecule has 1 aliphatic carbocycles. The van der Waals surface area contributed by atoms with Crippen molar-refractivity contribution in [3.63, 3.8) is 0 Å². The number of hydrogen-bond acceptors (Lipinski definition) is 5. The first-order valence-electron chi connectivity index (χ1n) is 7.80. The van der Waals surface area contributed by atoms with Crippen LogP contribution in [0.4, 0.5) is 0 Å². The van der Waals surface area contributed by atoms with Gasteiger partial charge in [-0.15, -0.1) is 0 Å². The SMILES string of the molecule is CCOC(=O)C1(C#N)CC=C(B2OC(C)(C)C(C)(C)O2)CC1. The van der Waals surface area contributed by atoms with Gasteiger partial charge in [0.1, 0.15) is 0 Å². The molecule has 0 radical (unpaired) electrons. The maximum absolute atomic E-state index is 12.0. The van der Waals surface area contributed by atoms with Crippen molar-refractivity contribution >= 4 is 13.1 Å². The lowest BCUT2D eigenvalue weighted by Gasteiger charge is -2.32. The van der Waals surface area contributed by atoms with Crippen molar-refractivity contribution in [2.45, 2.75) is 65.1 Å². The van der Waals surface area contributed by atoms with Gasteiger partial charge in [-0.2, -0.15) is 5.26 Å². The van der Waals surface area contributed by atoms with Gasteiger partial charge in [-0.05, 0) is 59.4 Å². The first-order valence-corrected chi connectivity index (χ1v) is 7.80. The summed E-state index contributed by atoms with van der Waals surface area (Å²) in [6.07, 6.45) is 3.30. The summed E-state index contributed by atoms with van der Waals surface area (Å²) in [5.74, 6) is -0.429. The maximum atomic E-state index is 12.0. The maximum Gasteiger partial charge on any atom is 0.490 e. The van der Waals surface area contributed by atoms with Crippen molar-refractivity contribution in [3.05, 3.63) is 11.5 Å². The molecule has 1 fully saturated rings. The second-order valence-corrected chi connectivity index (χ2v) is 6.99. The largest absolute Gasteiger partial charge is 0.490 e. The van der Waals surface area contributed by atoms with Crippen molar-refractivity contribution in [2.24, 2.45) is 5.41 Å². The van der Waals surface area contributed by atoms with Crippen LogP contribution in [0.25, 0.3) is 0 Å². The van der Waals surface area contributed by atoms with E-state index >= 15 is 0 Å². The summed E-state index contributed by atoms with van der Waals surface area (Å²) in [4.78, 5) is 12.0. The fraction of sp³-hybridized carbons (Fsp3) is 0.750. The predicted octanol–water partition coefficient (Wildman–Crippen LogP) is 2.80. The highest BCUT2D eigenvalue weighted by Gasteiger charge is 2.53. The van der Waals surface area contributed by atoms with Gasteiger partial charge in [0.25, 0.3) is 0 Å². The molecule has 1 atom stereocenters. The Balaban J connectivity index is 2.13. The number of carbonyl (C=O) groups is 1. The Morgan fingerprint density at radius 3 is 2.36 bits per heavy atom. The van der Waals surface area contributed by atoms with Gasteiger partial charge < -0.3 is 14.0 Å². The minimum Gasteiger partial charge on any atom is -0.465 e. The number of nitrogens with zero attached hydrogens (tertiary/aromatic N) is 1. The Morgan fingerprint density at radius 1 is 1.36 bits per heavy atom. The van der Waals surface area contributed by atoms with Crippen LogP contribution in [0, 0.1) is 16.7 Å². The Hall–Kier alpha value is -1.32. The van der Waals surface area contributed by atoms with Gasteiger partial charge in [-0.3, -0.25) is 4.79 Å². The first kappa shape index (κ1) is 17.0. The van der Waals surface area contributed by atoms with E-state index in [4.69, 9.17) is 14.0 Å². The quantitative estimate of drug-likeness (QED) is 0.592. The van der Waals surface area contributed by atoms with Crippen LogP contribution in [0.15, 0.2) is 11.5 Å². The Labute approximate surface area is 132 Å². The second-order valence-electron chi connectivity index (χ2n) is 6.99. The molecule has 6 heteroatoms. The summed E-state index contributed by atoms with van der Waals surface area (Å²) in [7, 11) is -0.399. The lowest BCUT2D eigenvalue weighted by Crippen LogP contribution is -2.41. The average Bonchev–Trinajstić information content (AvgIpc) is 2.68. The van der Waals surface area contributed by atoms with Crippen LogP contribution in [0.3, 0.4) is 0 Å². The van der Waals surface area contributed by atoms with Crippen molar-refractivity contribution in [3.8, 4) is 6.07 Å². The van der Waals surface area contributed by atoms with Crippen molar-refractivity contribution in [1.82, 2.24) is 0 Å². The molecule has 1 heterocycles. The summed E-state index contributed by atoms with van der Waals surface area (Å²) >= 11 is 0. The van der Waals surface area contributed by atoms with E-state index in [-0.39, 0.29) is 17.8 Å². The minimum absolute atomic E-state index is 0.288. The molecule has 0 aromatic carbocycles. The molecule has 0 aromatic rings. The van der Waals surface area contributed by atoms with Crippen molar-refractivity contribution < 1.29 is 18.8 Å². The zero-order valence-electron chi connectivity index (χ0n) is 14.1. The monoisotopic (exact) mass is 305 g/mol. The van der Waals surface area contributed by atoms with E-state index < -0.39 is 18.5 Å². The Bertz CT molecular complexity index is 519. The lowest BCUT2D eigenvalue weighted by molar-refractivity contribution is -0.152. The zero-order valence-corrected chi connectivity index (χ0v) is 14.1. The number of carbonyl (C=O) groups excluding carboxylic acids is 1. The normalized spacial score (nSPS) is 29.6. The minimum atomic E-state index is -1.07. The third-order valence-corrected chi connectivity index (χ3v) is 4.99. The van der Waals surface area contributed by atoms with Gasteiger partial charge in [0.05, 0.1) is 23.9 Å². The van der Waals surface area contributed by atoms with E-state index in [1.807, 2.05) is 33.8 Å². The highest BCUT2D eigenvalue weighted by molar-refractivity contribution is 6.54. The molecule has 1 unspecified atom stereocenters. The summed E-state index contributed by atoms with van der Waals surface area (Å²) < 4.78 is 17.1. The zero-order chi connectivity index (χ0) is 16.6. The number of nitriles is 1. The number of allylic oxidation sites excluding steroid dienone is 2. The van der Waals surface area contributed by atoms with Gasteiger partial charge >= 0.3 is 13.1 Å². The Kier molecular flexibility index (Phi) is 4.43. The molecule has 120 valence electrons. The predicted molar refractivity (Wildman–Crippen MR) is 82.7 cm³/mol. The number of esters is 1. The van der Waals surface area contributed by atoms with Crippen LogP contribution >= 0.6 is 0 Å². The fourth-order valence-corrected chi connectivity index (χ4v) is 2.68. The summed E-state index contributed by atoms with van der Waals surface area (Å²) in [6, 6.07) is 2.14.